The van der Waals surface area contributed by atoms with Gasteiger partial charge in [0.2, 0.25) is 27.7 Å². The zero-order valence-corrected chi connectivity index (χ0v) is 28.8. The fourth-order valence-electron chi connectivity index (χ4n) is 6.16. The van der Waals surface area contributed by atoms with Crippen LogP contribution in [0.15, 0.2) is 65.6 Å². The van der Waals surface area contributed by atoms with Crippen molar-refractivity contribution in [2.24, 2.45) is 5.92 Å². The summed E-state index contributed by atoms with van der Waals surface area (Å²) in [5.41, 5.74) is -0.132. The van der Waals surface area contributed by atoms with Gasteiger partial charge < -0.3 is 24.8 Å². The van der Waals surface area contributed by atoms with Gasteiger partial charge in [-0.25, -0.2) is 17.5 Å². The van der Waals surface area contributed by atoms with Crippen molar-refractivity contribution in [3.63, 3.8) is 0 Å². The molecule has 262 valence electrons. The number of hydrogen-bond donors (Lipinski definition) is 2. The molecule has 2 N–H and O–H groups in total. The van der Waals surface area contributed by atoms with Crippen LogP contribution in [-0.4, -0.2) is 105 Å². The Morgan fingerprint density at radius 2 is 1.73 bits per heavy atom. The van der Waals surface area contributed by atoms with Crippen LogP contribution in [-0.2, 0) is 24.4 Å². The monoisotopic (exact) mass is 695 g/mol. The summed E-state index contributed by atoms with van der Waals surface area (Å²) in [6.07, 6.45) is -0.00995. The third-order valence-electron chi connectivity index (χ3n) is 8.90. The van der Waals surface area contributed by atoms with Crippen LogP contribution in [0.4, 0.5) is 4.39 Å². The highest BCUT2D eigenvalue weighted by atomic mass is 32.2. The molecule has 3 atom stereocenters. The molecule has 1 saturated heterocycles. The Morgan fingerprint density at radius 3 is 2.47 bits per heavy atom. The minimum Gasteiger partial charge on any atom is -0.491 e. The largest absolute Gasteiger partial charge is 0.491 e. The smallest absolute Gasteiger partial charge is 0.258 e. The average Bonchev–Trinajstić information content (AvgIpc) is 3.47. The zero-order chi connectivity index (χ0) is 35.5. The van der Waals surface area contributed by atoms with E-state index in [9.17, 15) is 32.0 Å². The number of amides is 4. The lowest BCUT2D eigenvalue weighted by molar-refractivity contribution is -0.140. The third-order valence-corrected chi connectivity index (χ3v) is 10.4. The molecule has 0 spiro atoms. The lowest BCUT2D eigenvalue weighted by Crippen LogP contribution is -2.49. The number of sulfonamides is 1. The Labute approximate surface area is 285 Å². The van der Waals surface area contributed by atoms with E-state index in [1.165, 1.54) is 40.9 Å². The van der Waals surface area contributed by atoms with Crippen LogP contribution in [0.1, 0.15) is 43.5 Å². The van der Waals surface area contributed by atoms with Gasteiger partial charge in [-0.2, -0.15) is 0 Å². The number of carbonyl (C=O) groups is 4. The Balaban J connectivity index is 1.42. The number of nitrogens with one attached hydrogen (secondary N) is 2. The van der Waals surface area contributed by atoms with Crippen LogP contribution in [0.3, 0.4) is 0 Å². The molecule has 4 amide bonds. The molecule has 14 heteroatoms. The molecular weight excluding hydrogens is 653 g/mol. The van der Waals surface area contributed by atoms with Crippen molar-refractivity contribution < 1.29 is 36.7 Å². The number of rotatable bonds is 6. The van der Waals surface area contributed by atoms with Crippen molar-refractivity contribution in [3.8, 4) is 5.75 Å². The topological polar surface area (TPSA) is 145 Å². The van der Waals surface area contributed by atoms with Crippen LogP contribution < -0.4 is 14.8 Å². The first-order chi connectivity index (χ1) is 23.2. The quantitative estimate of drug-likeness (QED) is 0.404. The summed E-state index contributed by atoms with van der Waals surface area (Å²) in [7, 11) is -1.09. The summed E-state index contributed by atoms with van der Waals surface area (Å²) in [6.45, 7) is 3.77. The van der Waals surface area contributed by atoms with Crippen molar-refractivity contribution in [3.05, 3.63) is 72.0 Å². The summed E-state index contributed by atoms with van der Waals surface area (Å²) in [6, 6.07) is 13.3. The Hall–Kier alpha value is -4.56. The van der Waals surface area contributed by atoms with Crippen LogP contribution in [0.5, 0.6) is 5.75 Å². The molecule has 0 saturated carbocycles. The lowest BCUT2D eigenvalue weighted by atomic mass is 10.1. The number of ether oxygens (including phenoxy) is 1. The van der Waals surface area contributed by atoms with E-state index < -0.39 is 57.6 Å². The van der Waals surface area contributed by atoms with E-state index in [4.69, 9.17) is 4.74 Å². The van der Waals surface area contributed by atoms with E-state index in [1.807, 2.05) is 38.1 Å². The number of fused-ring (bicyclic) bond motifs is 3. The van der Waals surface area contributed by atoms with Gasteiger partial charge in [0.05, 0.1) is 23.0 Å². The molecule has 0 bridgehead atoms. The molecule has 12 nitrogen and oxygen atoms in total. The van der Waals surface area contributed by atoms with Crippen LogP contribution in [0, 0.1) is 11.7 Å². The van der Waals surface area contributed by atoms with E-state index in [2.05, 4.69) is 10.0 Å². The normalized spacial score (nSPS) is 21.2. The first-order valence-electron chi connectivity index (χ1n) is 16.2. The molecule has 1 fully saturated rings. The molecule has 2 aliphatic rings. The minimum absolute atomic E-state index is 0.0116. The number of likely N-dealkylation sites (N-methyl/N-ethyl adjacent to an activating group) is 2. The second-order valence-electron chi connectivity index (χ2n) is 13.1. The molecular formula is C35H42FN5O7S. The van der Waals surface area contributed by atoms with Gasteiger partial charge in [-0.3, -0.25) is 19.2 Å². The molecule has 0 aliphatic carbocycles. The molecule has 0 radical (unpaired) electrons. The highest BCUT2D eigenvalue weighted by Gasteiger charge is 2.39. The Bertz CT molecular complexity index is 1850. The van der Waals surface area contributed by atoms with Crippen molar-refractivity contribution in [2.45, 2.75) is 56.1 Å². The SMILES string of the molecule is CC(C)CNC(=O)[C@@H]1CCC(=O)N(C)CC(=O)N2C[C@@H](NS(=O)(=O)c3ccc4ccccc4c3)C[C@H]2COc2ccc(F)cc2C(=O)N1C. The first-order valence-corrected chi connectivity index (χ1v) is 17.7. The van der Waals surface area contributed by atoms with E-state index >= 15 is 0 Å². The second-order valence-corrected chi connectivity index (χ2v) is 14.8. The van der Waals surface area contributed by atoms with Crippen LogP contribution in [0.25, 0.3) is 10.8 Å². The van der Waals surface area contributed by atoms with E-state index in [1.54, 1.807) is 12.1 Å². The van der Waals surface area contributed by atoms with Gasteiger partial charge in [0.15, 0.2) is 0 Å². The first kappa shape index (κ1) is 35.7. The maximum Gasteiger partial charge on any atom is 0.258 e. The van der Waals surface area contributed by atoms with E-state index in [0.29, 0.717) is 6.54 Å². The highest BCUT2D eigenvalue weighted by molar-refractivity contribution is 7.89. The number of hydrogen-bond acceptors (Lipinski definition) is 7. The van der Waals surface area contributed by atoms with Crippen LogP contribution in [0.2, 0.25) is 0 Å². The van der Waals surface area contributed by atoms with Gasteiger partial charge in [0, 0.05) is 39.6 Å². The summed E-state index contributed by atoms with van der Waals surface area (Å²) in [5.74, 6) is -2.51. The maximum atomic E-state index is 14.5. The Kier molecular flexibility index (Phi) is 10.9. The van der Waals surface area contributed by atoms with Gasteiger partial charge in [0.1, 0.15) is 24.2 Å². The third kappa shape index (κ3) is 8.36. The number of nitrogens with zero attached hydrogens (tertiary/aromatic N) is 3. The molecule has 2 heterocycles. The van der Waals surface area contributed by atoms with E-state index in [0.717, 1.165) is 22.9 Å². The summed E-state index contributed by atoms with van der Waals surface area (Å²) >= 11 is 0. The molecule has 0 unspecified atom stereocenters. The summed E-state index contributed by atoms with van der Waals surface area (Å²) < 4.78 is 50.2. The van der Waals surface area contributed by atoms with Crippen molar-refractivity contribution >= 4 is 44.4 Å². The van der Waals surface area contributed by atoms with Crippen molar-refractivity contribution in [1.29, 1.82) is 0 Å². The van der Waals surface area contributed by atoms with Gasteiger partial charge in [-0.1, -0.05) is 44.2 Å². The molecule has 3 aromatic carbocycles. The molecule has 49 heavy (non-hydrogen) atoms. The van der Waals surface area contributed by atoms with Crippen molar-refractivity contribution in [2.75, 3.05) is 40.3 Å². The van der Waals surface area contributed by atoms with Gasteiger partial charge in [-0.15, -0.1) is 0 Å². The van der Waals surface area contributed by atoms with Gasteiger partial charge >= 0.3 is 0 Å². The molecule has 2 aliphatic heterocycles. The van der Waals surface area contributed by atoms with Gasteiger partial charge in [-0.05, 0) is 59.9 Å². The van der Waals surface area contributed by atoms with Crippen LogP contribution >= 0.6 is 0 Å². The molecule has 0 aromatic heterocycles. The number of benzene rings is 3. The zero-order valence-electron chi connectivity index (χ0n) is 28.0. The fourth-order valence-corrected chi connectivity index (χ4v) is 7.43. The minimum atomic E-state index is -3.98. The van der Waals surface area contributed by atoms with Gasteiger partial charge in [0.25, 0.3) is 5.91 Å². The summed E-state index contributed by atoms with van der Waals surface area (Å²) in [5, 5.41) is 4.46. The molecule has 3 aromatic rings. The standard InChI is InChI=1S/C35H42FN5O7S/c1-22(2)18-37-34(44)30-12-14-32(42)39(3)20-33(43)41-19-26(38-49(46,47)28-11-9-23-7-5-6-8-24(23)15-28)17-27(41)21-48-31-13-10-25(36)16-29(31)35(45)40(30)4/h5-11,13,15-16,22,26-27,30,38H,12,14,17-21H2,1-4H3,(H,37,44)/t26-,27-,30-/m0/s1. The predicted octanol–water partition coefficient (Wildman–Crippen LogP) is 2.77. The van der Waals surface area contributed by atoms with Crippen molar-refractivity contribution in [1.82, 2.24) is 24.7 Å². The average molecular weight is 696 g/mol. The van der Waals surface area contributed by atoms with E-state index in [-0.39, 0.29) is 61.1 Å². The second kappa shape index (κ2) is 14.9. The summed E-state index contributed by atoms with van der Waals surface area (Å²) in [4.78, 5) is 57.9. The maximum absolute atomic E-state index is 14.5. The highest BCUT2D eigenvalue weighted by Crippen LogP contribution is 2.27. The Morgan fingerprint density at radius 1 is 1.00 bits per heavy atom. The predicted molar refractivity (Wildman–Crippen MR) is 181 cm³/mol. The fraction of sp³-hybridized carbons (Fsp3) is 0.429. The number of carbonyl (C=O) groups excluding carboxylic acids is 4. The number of halogens is 1. The lowest BCUT2D eigenvalue weighted by Gasteiger charge is -2.28. The molecule has 5 rings (SSSR count).